The summed E-state index contributed by atoms with van der Waals surface area (Å²) >= 11 is 0. The quantitative estimate of drug-likeness (QED) is 0.578. The van der Waals surface area contributed by atoms with Gasteiger partial charge in [0.2, 0.25) is 6.79 Å². The minimum atomic E-state index is 0.309. The molecule has 1 saturated heterocycles. The number of nitrogens with one attached hydrogen (secondary N) is 2. The summed E-state index contributed by atoms with van der Waals surface area (Å²) in [7, 11) is 1.82. The monoisotopic (exact) mass is 360 g/mol. The van der Waals surface area contributed by atoms with Gasteiger partial charge in [0, 0.05) is 26.2 Å². The number of benzene rings is 1. The Bertz CT molecular complexity index is 612. The number of ether oxygens (including phenoxy) is 2. The van der Waals surface area contributed by atoms with Crippen LogP contribution in [0.2, 0.25) is 0 Å². The summed E-state index contributed by atoms with van der Waals surface area (Å²) in [5.74, 6) is 3.18. The molecule has 1 atom stereocenters. The molecule has 3 rings (SSSR count). The first-order chi connectivity index (χ1) is 12.7. The number of rotatable bonds is 7. The molecular weight excluding hydrogens is 328 g/mol. The molecule has 26 heavy (non-hydrogen) atoms. The minimum absolute atomic E-state index is 0.309. The van der Waals surface area contributed by atoms with Crippen LogP contribution in [0.5, 0.6) is 11.5 Å². The molecule has 0 saturated carbocycles. The Balaban J connectivity index is 1.50. The lowest BCUT2D eigenvalue weighted by Crippen LogP contribution is -2.46. The molecule has 6 nitrogen and oxygen atoms in total. The topological polar surface area (TPSA) is 58.1 Å². The number of nitrogens with zero attached hydrogens (tertiary/aromatic N) is 2. The fourth-order valence-electron chi connectivity index (χ4n) is 3.68. The third kappa shape index (κ3) is 5.04. The molecule has 144 valence electrons. The molecular formula is C20H32N4O2. The Morgan fingerprint density at radius 2 is 1.92 bits per heavy atom. The summed E-state index contributed by atoms with van der Waals surface area (Å²) in [5.41, 5.74) is 1.15. The Kier molecular flexibility index (Phi) is 6.61. The number of aliphatic imine (C=N–C) groups is 1. The van der Waals surface area contributed by atoms with Gasteiger partial charge < -0.3 is 20.1 Å². The lowest BCUT2D eigenvalue weighted by Gasteiger charge is -2.29. The average molecular weight is 361 g/mol. The van der Waals surface area contributed by atoms with Crippen molar-refractivity contribution in [1.82, 2.24) is 15.5 Å². The van der Waals surface area contributed by atoms with Gasteiger partial charge in [-0.2, -0.15) is 0 Å². The van der Waals surface area contributed by atoms with E-state index in [9.17, 15) is 0 Å². The van der Waals surface area contributed by atoms with Gasteiger partial charge in [0.15, 0.2) is 17.5 Å². The van der Waals surface area contributed by atoms with E-state index in [-0.39, 0.29) is 0 Å². The van der Waals surface area contributed by atoms with Crippen LogP contribution in [0.15, 0.2) is 23.2 Å². The molecule has 2 N–H and O–H groups in total. The lowest BCUT2D eigenvalue weighted by molar-refractivity contribution is 0.174. The molecule has 1 fully saturated rings. The Labute approximate surface area is 157 Å². The molecule has 2 heterocycles. The smallest absolute Gasteiger partial charge is 0.231 e. The molecule has 1 unspecified atom stereocenters. The second-order valence-electron chi connectivity index (χ2n) is 7.52. The third-order valence-corrected chi connectivity index (χ3v) is 5.03. The predicted octanol–water partition coefficient (Wildman–Crippen LogP) is 2.59. The Morgan fingerprint density at radius 1 is 1.15 bits per heavy atom. The van der Waals surface area contributed by atoms with Gasteiger partial charge in [-0.25, -0.2) is 0 Å². The van der Waals surface area contributed by atoms with Crippen molar-refractivity contribution in [2.45, 2.75) is 45.7 Å². The number of likely N-dealkylation sites (tertiary alicyclic amines) is 1. The van der Waals surface area contributed by atoms with Crippen LogP contribution in [-0.2, 0) is 6.54 Å². The van der Waals surface area contributed by atoms with Crippen LogP contribution >= 0.6 is 0 Å². The normalized spacial score (nSPS) is 18.4. The number of hydrogen-bond donors (Lipinski definition) is 2. The highest BCUT2D eigenvalue weighted by Gasteiger charge is 2.22. The van der Waals surface area contributed by atoms with E-state index >= 15 is 0 Å². The van der Waals surface area contributed by atoms with E-state index in [1.165, 1.54) is 32.4 Å². The standard InChI is InChI=1S/C20H32N4O2/c1-15(2)10-17(24-8-4-5-9-24)13-23-20(21-3)22-12-16-6-7-18-19(11-16)26-14-25-18/h6-7,11,15,17H,4-5,8-10,12-14H2,1-3H3,(H2,21,22,23). The molecule has 2 aliphatic heterocycles. The first kappa shape index (κ1) is 18.8. The number of fused-ring (bicyclic) bond motifs is 1. The van der Waals surface area contributed by atoms with Crippen molar-refractivity contribution in [2.24, 2.45) is 10.9 Å². The van der Waals surface area contributed by atoms with Crippen molar-refractivity contribution in [3.8, 4) is 11.5 Å². The molecule has 0 amide bonds. The van der Waals surface area contributed by atoms with Gasteiger partial charge in [0.25, 0.3) is 0 Å². The van der Waals surface area contributed by atoms with Crippen molar-refractivity contribution in [3.05, 3.63) is 23.8 Å². The largest absolute Gasteiger partial charge is 0.454 e. The molecule has 0 radical (unpaired) electrons. The molecule has 1 aromatic carbocycles. The summed E-state index contributed by atoms with van der Waals surface area (Å²) in [6.07, 6.45) is 3.86. The number of hydrogen-bond acceptors (Lipinski definition) is 4. The molecule has 1 aromatic rings. The first-order valence-electron chi connectivity index (χ1n) is 9.73. The number of guanidine groups is 1. The SMILES string of the molecule is CN=C(NCc1ccc2c(c1)OCO2)NCC(CC(C)C)N1CCCC1. The second-order valence-corrected chi connectivity index (χ2v) is 7.52. The summed E-state index contributed by atoms with van der Waals surface area (Å²) in [6, 6.07) is 6.61. The zero-order valence-electron chi connectivity index (χ0n) is 16.3. The van der Waals surface area contributed by atoms with Gasteiger partial charge in [-0.3, -0.25) is 9.89 Å². The molecule has 6 heteroatoms. The van der Waals surface area contributed by atoms with Crippen molar-refractivity contribution < 1.29 is 9.47 Å². The van der Waals surface area contributed by atoms with Crippen molar-refractivity contribution in [1.29, 1.82) is 0 Å². The van der Waals surface area contributed by atoms with Crippen molar-refractivity contribution >= 4 is 5.96 Å². The zero-order valence-corrected chi connectivity index (χ0v) is 16.3. The van der Waals surface area contributed by atoms with E-state index in [4.69, 9.17) is 9.47 Å². The van der Waals surface area contributed by atoms with E-state index in [1.807, 2.05) is 19.2 Å². The molecule has 2 aliphatic rings. The van der Waals surface area contributed by atoms with E-state index in [1.54, 1.807) is 0 Å². The van der Waals surface area contributed by atoms with Crippen molar-refractivity contribution in [2.75, 3.05) is 33.5 Å². The van der Waals surface area contributed by atoms with Crippen LogP contribution in [0.1, 0.15) is 38.7 Å². The maximum atomic E-state index is 5.44. The Morgan fingerprint density at radius 3 is 2.65 bits per heavy atom. The highest BCUT2D eigenvalue weighted by Crippen LogP contribution is 2.32. The van der Waals surface area contributed by atoms with Crippen LogP contribution in [-0.4, -0.2) is 50.4 Å². The summed E-state index contributed by atoms with van der Waals surface area (Å²) < 4.78 is 10.8. The van der Waals surface area contributed by atoms with Gasteiger partial charge in [0.05, 0.1) is 0 Å². The van der Waals surface area contributed by atoms with E-state index < -0.39 is 0 Å². The molecule has 0 aliphatic carbocycles. The summed E-state index contributed by atoms with van der Waals surface area (Å²) in [4.78, 5) is 7.00. The summed E-state index contributed by atoms with van der Waals surface area (Å²) in [5, 5.41) is 6.92. The molecule has 0 aromatic heterocycles. The van der Waals surface area contributed by atoms with Crippen LogP contribution in [0.3, 0.4) is 0 Å². The first-order valence-corrected chi connectivity index (χ1v) is 9.73. The fourth-order valence-corrected chi connectivity index (χ4v) is 3.68. The van der Waals surface area contributed by atoms with E-state index in [2.05, 4.69) is 40.4 Å². The minimum Gasteiger partial charge on any atom is -0.454 e. The van der Waals surface area contributed by atoms with Gasteiger partial charge in [0.1, 0.15) is 0 Å². The zero-order chi connectivity index (χ0) is 18.4. The summed E-state index contributed by atoms with van der Waals surface area (Å²) in [6.45, 7) is 8.99. The van der Waals surface area contributed by atoms with Crippen LogP contribution in [0.4, 0.5) is 0 Å². The van der Waals surface area contributed by atoms with Gasteiger partial charge in [-0.15, -0.1) is 0 Å². The predicted molar refractivity (Wildman–Crippen MR) is 105 cm³/mol. The molecule has 0 spiro atoms. The van der Waals surface area contributed by atoms with Crippen LogP contribution < -0.4 is 20.1 Å². The lowest BCUT2D eigenvalue weighted by atomic mass is 10.0. The highest BCUT2D eigenvalue weighted by atomic mass is 16.7. The van der Waals surface area contributed by atoms with Gasteiger partial charge >= 0.3 is 0 Å². The molecule has 0 bridgehead atoms. The average Bonchev–Trinajstić information content (AvgIpc) is 3.31. The fraction of sp³-hybridized carbons (Fsp3) is 0.650. The van der Waals surface area contributed by atoms with Crippen LogP contribution in [0.25, 0.3) is 0 Å². The highest BCUT2D eigenvalue weighted by molar-refractivity contribution is 5.79. The Hall–Kier alpha value is -1.95. The van der Waals surface area contributed by atoms with Gasteiger partial charge in [-0.05, 0) is 56.0 Å². The van der Waals surface area contributed by atoms with E-state index in [0.717, 1.165) is 29.6 Å². The van der Waals surface area contributed by atoms with Crippen LogP contribution in [0, 0.1) is 5.92 Å². The van der Waals surface area contributed by atoms with Gasteiger partial charge in [-0.1, -0.05) is 19.9 Å². The maximum Gasteiger partial charge on any atom is 0.231 e. The van der Waals surface area contributed by atoms with Crippen molar-refractivity contribution in [3.63, 3.8) is 0 Å². The second kappa shape index (κ2) is 9.12. The van der Waals surface area contributed by atoms with E-state index in [0.29, 0.717) is 25.3 Å². The third-order valence-electron chi connectivity index (χ3n) is 5.03. The maximum absolute atomic E-state index is 5.44.